The van der Waals surface area contributed by atoms with Crippen LogP contribution in [0.25, 0.3) is 0 Å². The molecule has 5 nitrogen and oxygen atoms in total. The number of likely N-dealkylation sites (tertiary alicyclic amines) is 1. The summed E-state index contributed by atoms with van der Waals surface area (Å²) >= 11 is 0. The Kier molecular flexibility index (Phi) is 5.55. The van der Waals surface area contributed by atoms with Crippen molar-refractivity contribution in [3.8, 4) is 0 Å². The average molecular weight is 304 g/mol. The van der Waals surface area contributed by atoms with Gasteiger partial charge < -0.3 is 15.1 Å². The van der Waals surface area contributed by atoms with Gasteiger partial charge in [0.25, 0.3) is 5.91 Å². The minimum Gasteiger partial charge on any atom is -0.331 e. The highest BCUT2D eigenvalue weighted by molar-refractivity contribution is 5.94. The van der Waals surface area contributed by atoms with Crippen molar-refractivity contribution in [2.24, 2.45) is 0 Å². The number of quaternary nitrogens is 1. The van der Waals surface area contributed by atoms with Crippen LogP contribution in [-0.2, 0) is 9.59 Å². The second kappa shape index (κ2) is 7.40. The van der Waals surface area contributed by atoms with E-state index in [0.29, 0.717) is 0 Å². The van der Waals surface area contributed by atoms with Crippen LogP contribution in [-0.4, -0.2) is 49.4 Å². The molecule has 2 amide bonds. The monoisotopic (exact) mass is 304 g/mol. The first-order valence-corrected chi connectivity index (χ1v) is 7.93. The van der Waals surface area contributed by atoms with Crippen molar-refractivity contribution in [2.75, 3.05) is 32.0 Å². The third-order valence-corrected chi connectivity index (χ3v) is 4.32. The Bertz CT molecular complexity index is 521. The lowest BCUT2D eigenvalue weighted by atomic mass is 10.2. The Labute approximate surface area is 132 Å². The maximum atomic E-state index is 12.4. The third-order valence-electron chi connectivity index (χ3n) is 4.32. The van der Waals surface area contributed by atoms with Gasteiger partial charge in [-0.1, -0.05) is 17.7 Å². The van der Waals surface area contributed by atoms with Crippen LogP contribution >= 0.6 is 0 Å². The molecule has 1 fully saturated rings. The van der Waals surface area contributed by atoms with Gasteiger partial charge in [-0.3, -0.25) is 9.59 Å². The summed E-state index contributed by atoms with van der Waals surface area (Å²) < 4.78 is 0. The quantitative estimate of drug-likeness (QED) is 0.830. The van der Waals surface area contributed by atoms with Crippen molar-refractivity contribution in [3.05, 3.63) is 29.8 Å². The second-order valence-corrected chi connectivity index (χ2v) is 6.20. The maximum absolute atomic E-state index is 12.4. The van der Waals surface area contributed by atoms with E-state index in [1.54, 1.807) is 7.05 Å². The zero-order chi connectivity index (χ0) is 16.1. The molecule has 0 bridgehead atoms. The first-order valence-electron chi connectivity index (χ1n) is 7.93. The number of nitrogens with one attached hydrogen (secondary N) is 2. The number of carbonyl (C=O) groups is 2. The summed E-state index contributed by atoms with van der Waals surface area (Å²) in [4.78, 5) is 27.3. The van der Waals surface area contributed by atoms with E-state index in [0.717, 1.165) is 24.3 Å². The van der Waals surface area contributed by atoms with Gasteiger partial charge in [0.15, 0.2) is 6.04 Å². The predicted molar refractivity (Wildman–Crippen MR) is 86.8 cm³/mol. The number of carbonyl (C=O) groups excluding carboxylic acids is 2. The number of aryl methyl sites for hydroxylation is 1. The van der Waals surface area contributed by atoms with Crippen LogP contribution in [0.1, 0.15) is 25.3 Å². The molecule has 1 aliphatic heterocycles. The fourth-order valence-corrected chi connectivity index (χ4v) is 2.90. The molecule has 120 valence electrons. The van der Waals surface area contributed by atoms with Gasteiger partial charge in [-0.05, 0) is 26.0 Å². The number of hydrogen-bond acceptors (Lipinski definition) is 2. The van der Waals surface area contributed by atoms with Crippen molar-refractivity contribution < 1.29 is 14.5 Å². The third kappa shape index (κ3) is 4.31. The molecule has 0 saturated carbocycles. The summed E-state index contributed by atoms with van der Waals surface area (Å²) in [5.41, 5.74) is 1.90. The van der Waals surface area contributed by atoms with Gasteiger partial charge in [-0.2, -0.15) is 0 Å². The van der Waals surface area contributed by atoms with Crippen molar-refractivity contribution in [1.82, 2.24) is 4.90 Å². The normalized spacial score (nSPS) is 16.3. The maximum Gasteiger partial charge on any atom is 0.280 e. The van der Waals surface area contributed by atoms with Crippen LogP contribution in [0.5, 0.6) is 0 Å². The van der Waals surface area contributed by atoms with Crippen molar-refractivity contribution in [1.29, 1.82) is 0 Å². The molecule has 1 aromatic carbocycles. The summed E-state index contributed by atoms with van der Waals surface area (Å²) in [7, 11) is 1.70. The molecule has 1 aliphatic rings. The zero-order valence-electron chi connectivity index (χ0n) is 13.7. The van der Waals surface area contributed by atoms with Crippen LogP contribution < -0.4 is 10.2 Å². The SMILES string of the molecule is Cc1ccc(NC(=O)CN(C)C(=O)[C@H](C)[NH+]2CCCC2)cc1. The van der Waals surface area contributed by atoms with Crippen molar-refractivity contribution in [2.45, 2.75) is 32.7 Å². The summed E-state index contributed by atoms with van der Waals surface area (Å²) in [6.07, 6.45) is 2.37. The van der Waals surface area contributed by atoms with Crippen molar-refractivity contribution >= 4 is 17.5 Å². The van der Waals surface area contributed by atoms with E-state index in [1.165, 1.54) is 22.6 Å². The minimum atomic E-state index is -0.164. The lowest BCUT2D eigenvalue weighted by Gasteiger charge is -2.25. The predicted octanol–water partition coefficient (Wildman–Crippen LogP) is 0.459. The summed E-state index contributed by atoms with van der Waals surface area (Å²) in [5.74, 6) is -0.126. The molecule has 1 saturated heterocycles. The molecular weight excluding hydrogens is 278 g/mol. The van der Waals surface area contributed by atoms with Crippen LogP contribution in [0, 0.1) is 6.92 Å². The van der Waals surface area contributed by atoms with E-state index in [-0.39, 0.29) is 24.4 Å². The number of nitrogens with zero attached hydrogens (tertiary/aromatic N) is 1. The molecule has 2 rings (SSSR count). The van der Waals surface area contributed by atoms with Gasteiger partial charge in [0.05, 0.1) is 19.6 Å². The lowest BCUT2D eigenvalue weighted by Crippen LogP contribution is -3.14. The van der Waals surface area contributed by atoms with Gasteiger partial charge in [-0.15, -0.1) is 0 Å². The average Bonchev–Trinajstić information content (AvgIpc) is 3.02. The molecule has 0 unspecified atom stereocenters. The van der Waals surface area contributed by atoms with Gasteiger partial charge in [-0.25, -0.2) is 0 Å². The Morgan fingerprint density at radius 1 is 1.23 bits per heavy atom. The highest BCUT2D eigenvalue weighted by atomic mass is 16.2. The Hall–Kier alpha value is -1.88. The fraction of sp³-hybridized carbons (Fsp3) is 0.529. The Morgan fingerprint density at radius 3 is 2.41 bits per heavy atom. The standard InChI is InChI=1S/C17H25N3O2/c1-13-6-8-15(9-7-13)18-16(21)12-19(3)17(22)14(2)20-10-4-5-11-20/h6-9,14H,4-5,10-12H2,1-3H3,(H,18,21)/p+1/t14-/m0/s1. The number of anilines is 1. The van der Waals surface area contributed by atoms with E-state index >= 15 is 0 Å². The van der Waals surface area contributed by atoms with Gasteiger partial charge in [0.1, 0.15) is 0 Å². The zero-order valence-corrected chi connectivity index (χ0v) is 13.7. The smallest absolute Gasteiger partial charge is 0.280 e. The molecule has 1 aromatic rings. The first kappa shape index (κ1) is 16.5. The van der Waals surface area contributed by atoms with Crippen LogP contribution in [0.3, 0.4) is 0 Å². The topological polar surface area (TPSA) is 53.9 Å². The number of likely N-dealkylation sites (N-methyl/N-ethyl adjacent to an activating group) is 1. The molecule has 1 atom stereocenters. The van der Waals surface area contributed by atoms with Gasteiger partial charge >= 0.3 is 0 Å². The number of benzene rings is 1. The van der Waals surface area contributed by atoms with Crippen LogP contribution in [0.2, 0.25) is 0 Å². The van der Waals surface area contributed by atoms with Crippen LogP contribution in [0.4, 0.5) is 5.69 Å². The summed E-state index contributed by atoms with van der Waals surface area (Å²) in [6, 6.07) is 7.56. The lowest BCUT2D eigenvalue weighted by molar-refractivity contribution is -0.902. The van der Waals surface area contributed by atoms with E-state index in [4.69, 9.17) is 0 Å². The molecule has 22 heavy (non-hydrogen) atoms. The highest BCUT2D eigenvalue weighted by Crippen LogP contribution is 2.08. The van der Waals surface area contributed by atoms with Crippen LogP contribution in [0.15, 0.2) is 24.3 Å². The number of amides is 2. The number of hydrogen-bond donors (Lipinski definition) is 2. The van der Waals surface area contributed by atoms with Crippen molar-refractivity contribution in [3.63, 3.8) is 0 Å². The molecule has 0 aromatic heterocycles. The molecule has 2 N–H and O–H groups in total. The van der Waals surface area contributed by atoms with Gasteiger partial charge in [0, 0.05) is 25.6 Å². The molecule has 5 heteroatoms. The largest absolute Gasteiger partial charge is 0.331 e. The molecule has 0 radical (unpaired) electrons. The molecule has 0 spiro atoms. The molecule has 0 aliphatic carbocycles. The Balaban J connectivity index is 1.84. The highest BCUT2D eigenvalue weighted by Gasteiger charge is 2.30. The summed E-state index contributed by atoms with van der Waals surface area (Å²) in [6.45, 7) is 6.15. The van der Waals surface area contributed by atoms with Gasteiger partial charge in [0.2, 0.25) is 5.91 Å². The van der Waals surface area contributed by atoms with E-state index in [9.17, 15) is 9.59 Å². The number of rotatable bonds is 5. The molecular formula is C17H26N3O2+. The minimum absolute atomic E-state index is 0.0379. The Morgan fingerprint density at radius 2 is 1.82 bits per heavy atom. The van der Waals surface area contributed by atoms with E-state index < -0.39 is 0 Å². The first-order chi connectivity index (χ1) is 10.5. The van der Waals surface area contributed by atoms with E-state index in [1.807, 2.05) is 38.1 Å². The fourth-order valence-electron chi connectivity index (χ4n) is 2.90. The summed E-state index contributed by atoms with van der Waals surface area (Å²) in [5, 5.41) is 2.82. The second-order valence-electron chi connectivity index (χ2n) is 6.20. The van der Waals surface area contributed by atoms with E-state index in [2.05, 4.69) is 5.32 Å². The molecule has 1 heterocycles.